The number of carbonyl (C=O) groups excluding carboxylic acids is 1. The van der Waals surface area contributed by atoms with Crippen molar-refractivity contribution >= 4 is 33.6 Å². The zero-order valence-electron chi connectivity index (χ0n) is 15.0. The van der Waals surface area contributed by atoms with Gasteiger partial charge in [-0.3, -0.25) is 4.79 Å². The normalized spacial score (nSPS) is 16.3. The van der Waals surface area contributed by atoms with E-state index in [0.717, 1.165) is 30.4 Å². The van der Waals surface area contributed by atoms with E-state index in [4.69, 9.17) is 0 Å². The van der Waals surface area contributed by atoms with E-state index in [1.165, 1.54) is 35.4 Å². The molecule has 0 spiro atoms. The number of nitrogens with zero attached hydrogens (tertiary/aromatic N) is 1. The minimum Gasteiger partial charge on any atom is -0.353 e. The average Bonchev–Trinajstić information content (AvgIpc) is 2.56. The Morgan fingerprint density at radius 1 is 1.29 bits per heavy atom. The van der Waals surface area contributed by atoms with E-state index < -0.39 is 0 Å². The Balaban J connectivity index is 1.73. The molecule has 0 aliphatic carbocycles. The molecule has 0 bridgehead atoms. The zero-order valence-corrected chi connectivity index (χ0v) is 17.4. The van der Waals surface area contributed by atoms with Gasteiger partial charge in [-0.2, -0.15) is 0 Å². The Morgan fingerprint density at radius 3 is 2.67 bits per heavy atom. The van der Waals surface area contributed by atoms with Gasteiger partial charge in [0, 0.05) is 28.5 Å². The molecular formula is C19H29BrN2OS. The second-order valence-electron chi connectivity index (χ2n) is 6.69. The smallest absolute Gasteiger partial charge is 0.230 e. The van der Waals surface area contributed by atoms with Crippen molar-refractivity contribution in [1.29, 1.82) is 0 Å². The number of carbonyl (C=O) groups is 1. The molecule has 0 aromatic heterocycles. The summed E-state index contributed by atoms with van der Waals surface area (Å²) in [4.78, 5) is 16.0. The van der Waals surface area contributed by atoms with Gasteiger partial charge in [0.1, 0.15) is 0 Å². The van der Waals surface area contributed by atoms with E-state index in [9.17, 15) is 4.79 Å². The standard InChI is InChI=1S/C19H29BrN2OS/c1-4-5-8-22-9-6-16(7-10-22)21-19(23)13-24-18-12-14(2)17(20)11-15(18)3/h11-12,16H,4-10,13H2,1-3H3,(H,21,23). The molecule has 0 atom stereocenters. The van der Waals surface area contributed by atoms with Gasteiger partial charge in [0.2, 0.25) is 5.91 Å². The van der Waals surface area contributed by atoms with Gasteiger partial charge in [-0.05, 0) is 62.9 Å². The molecular weight excluding hydrogens is 384 g/mol. The van der Waals surface area contributed by atoms with Gasteiger partial charge in [0.25, 0.3) is 0 Å². The van der Waals surface area contributed by atoms with E-state index >= 15 is 0 Å². The first-order chi connectivity index (χ1) is 11.5. The molecule has 0 radical (unpaired) electrons. The van der Waals surface area contributed by atoms with Crippen LogP contribution in [0.1, 0.15) is 43.7 Å². The van der Waals surface area contributed by atoms with Crippen LogP contribution in [0, 0.1) is 13.8 Å². The Morgan fingerprint density at radius 2 is 2.00 bits per heavy atom. The highest BCUT2D eigenvalue weighted by molar-refractivity contribution is 9.10. The second-order valence-corrected chi connectivity index (χ2v) is 8.56. The summed E-state index contributed by atoms with van der Waals surface area (Å²) in [5, 5.41) is 3.22. The summed E-state index contributed by atoms with van der Waals surface area (Å²) in [6.45, 7) is 9.84. The molecule has 1 saturated heterocycles. The fraction of sp³-hybridized carbons (Fsp3) is 0.632. The minimum absolute atomic E-state index is 0.159. The lowest BCUT2D eigenvalue weighted by Crippen LogP contribution is -2.45. The summed E-state index contributed by atoms with van der Waals surface area (Å²) in [6, 6.07) is 4.63. The van der Waals surface area contributed by atoms with Gasteiger partial charge in [-0.25, -0.2) is 0 Å². The first kappa shape index (κ1) is 19.8. The number of hydrogen-bond donors (Lipinski definition) is 1. The zero-order chi connectivity index (χ0) is 17.5. The molecule has 2 rings (SSSR count). The Hall–Kier alpha value is -0.520. The SMILES string of the molecule is CCCCN1CCC(NC(=O)CSc2cc(C)c(Br)cc2C)CC1. The van der Waals surface area contributed by atoms with Crippen molar-refractivity contribution in [2.75, 3.05) is 25.4 Å². The van der Waals surface area contributed by atoms with Crippen molar-refractivity contribution in [2.24, 2.45) is 0 Å². The predicted octanol–water partition coefficient (Wildman–Crippen LogP) is 4.54. The molecule has 1 aliphatic rings. The lowest BCUT2D eigenvalue weighted by atomic mass is 10.0. The monoisotopic (exact) mass is 412 g/mol. The number of amides is 1. The second kappa shape index (κ2) is 9.83. The third kappa shape index (κ3) is 6.08. The summed E-state index contributed by atoms with van der Waals surface area (Å²) in [5.41, 5.74) is 2.43. The van der Waals surface area contributed by atoms with Gasteiger partial charge in [-0.15, -0.1) is 11.8 Å². The average molecular weight is 413 g/mol. The Bertz CT molecular complexity index is 557. The first-order valence-corrected chi connectivity index (χ1v) is 10.7. The van der Waals surface area contributed by atoms with Crippen LogP contribution in [0.4, 0.5) is 0 Å². The van der Waals surface area contributed by atoms with Gasteiger partial charge in [0.15, 0.2) is 0 Å². The molecule has 1 aromatic carbocycles. The van der Waals surface area contributed by atoms with Crippen molar-refractivity contribution in [2.45, 2.75) is 57.4 Å². The van der Waals surface area contributed by atoms with E-state index in [2.05, 4.69) is 59.1 Å². The minimum atomic E-state index is 0.159. The highest BCUT2D eigenvalue weighted by atomic mass is 79.9. The van der Waals surface area contributed by atoms with E-state index in [1.54, 1.807) is 11.8 Å². The summed E-state index contributed by atoms with van der Waals surface area (Å²) in [5.74, 6) is 0.657. The molecule has 1 amide bonds. The lowest BCUT2D eigenvalue weighted by Gasteiger charge is -2.32. The fourth-order valence-electron chi connectivity index (χ4n) is 3.01. The first-order valence-electron chi connectivity index (χ1n) is 8.91. The van der Waals surface area contributed by atoms with Crippen LogP contribution >= 0.6 is 27.7 Å². The summed E-state index contributed by atoms with van der Waals surface area (Å²) in [7, 11) is 0. The van der Waals surface area contributed by atoms with Crippen LogP contribution in [-0.2, 0) is 4.79 Å². The van der Waals surface area contributed by atoms with E-state index in [1.807, 2.05) is 0 Å². The van der Waals surface area contributed by atoms with Crippen molar-refractivity contribution in [3.8, 4) is 0 Å². The van der Waals surface area contributed by atoms with Gasteiger partial charge < -0.3 is 10.2 Å². The summed E-state index contributed by atoms with van der Waals surface area (Å²) < 4.78 is 1.13. The molecule has 134 valence electrons. The number of unbranched alkanes of at least 4 members (excludes halogenated alkanes) is 1. The molecule has 0 unspecified atom stereocenters. The van der Waals surface area contributed by atoms with Crippen LogP contribution < -0.4 is 5.32 Å². The van der Waals surface area contributed by atoms with E-state index in [-0.39, 0.29) is 5.91 Å². The van der Waals surface area contributed by atoms with Gasteiger partial charge in [0.05, 0.1) is 5.75 Å². The molecule has 24 heavy (non-hydrogen) atoms. The molecule has 1 heterocycles. The number of likely N-dealkylation sites (tertiary alicyclic amines) is 1. The summed E-state index contributed by atoms with van der Waals surface area (Å²) >= 11 is 5.19. The number of aryl methyl sites for hydroxylation is 2. The van der Waals surface area contributed by atoms with Crippen molar-refractivity contribution < 1.29 is 4.79 Å². The van der Waals surface area contributed by atoms with Crippen molar-refractivity contribution in [3.63, 3.8) is 0 Å². The largest absolute Gasteiger partial charge is 0.353 e. The maximum atomic E-state index is 12.2. The van der Waals surface area contributed by atoms with Crippen LogP contribution in [0.15, 0.2) is 21.5 Å². The molecule has 3 nitrogen and oxygen atoms in total. The third-order valence-corrected chi connectivity index (χ3v) is 6.61. The van der Waals surface area contributed by atoms with Crippen molar-refractivity contribution in [1.82, 2.24) is 10.2 Å². The number of piperidine rings is 1. The maximum Gasteiger partial charge on any atom is 0.230 e. The molecule has 1 aromatic rings. The van der Waals surface area contributed by atoms with Crippen LogP contribution in [0.25, 0.3) is 0 Å². The number of halogens is 1. The molecule has 5 heteroatoms. The molecule has 0 saturated carbocycles. The van der Waals surface area contributed by atoms with E-state index in [0.29, 0.717) is 11.8 Å². The third-order valence-electron chi connectivity index (χ3n) is 4.60. The van der Waals surface area contributed by atoms with Gasteiger partial charge >= 0.3 is 0 Å². The van der Waals surface area contributed by atoms with Crippen LogP contribution in [0.5, 0.6) is 0 Å². The number of rotatable bonds is 7. The van der Waals surface area contributed by atoms with Crippen molar-refractivity contribution in [3.05, 3.63) is 27.7 Å². The topological polar surface area (TPSA) is 32.3 Å². The molecule has 1 aliphatic heterocycles. The fourth-order valence-corrected chi connectivity index (χ4v) is 4.38. The van der Waals surface area contributed by atoms with Crippen LogP contribution in [0.2, 0.25) is 0 Å². The van der Waals surface area contributed by atoms with Crippen LogP contribution in [-0.4, -0.2) is 42.2 Å². The highest BCUT2D eigenvalue weighted by Crippen LogP contribution is 2.28. The summed E-state index contributed by atoms with van der Waals surface area (Å²) in [6.07, 6.45) is 4.69. The molecule has 1 fully saturated rings. The quantitative estimate of drug-likeness (QED) is 0.667. The number of benzene rings is 1. The maximum absolute atomic E-state index is 12.2. The molecule has 1 N–H and O–H groups in total. The Kier molecular flexibility index (Phi) is 8.11. The van der Waals surface area contributed by atoms with Crippen LogP contribution in [0.3, 0.4) is 0 Å². The lowest BCUT2D eigenvalue weighted by molar-refractivity contribution is -0.119. The number of nitrogens with one attached hydrogen (secondary N) is 1. The number of thioether (sulfide) groups is 1. The number of hydrogen-bond acceptors (Lipinski definition) is 3. The highest BCUT2D eigenvalue weighted by Gasteiger charge is 2.20. The predicted molar refractivity (Wildman–Crippen MR) is 107 cm³/mol. The Labute approximate surface area is 159 Å². The van der Waals surface area contributed by atoms with Gasteiger partial charge in [-0.1, -0.05) is 29.3 Å².